The molecule has 0 saturated heterocycles. The van der Waals surface area contributed by atoms with Gasteiger partial charge in [0, 0.05) is 6.42 Å². The van der Waals surface area contributed by atoms with Crippen LogP contribution in [0.1, 0.15) is 16.7 Å². The predicted molar refractivity (Wildman–Crippen MR) is 55.6 cm³/mol. The molecule has 0 saturated carbocycles. The van der Waals surface area contributed by atoms with E-state index in [0.29, 0.717) is 16.7 Å². The Hall–Kier alpha value is -1.39. The van der Waals surface area contributed by atoms with Crippen LogP contribution in [-0.2, 0) is 11.2 Å². The van der Waals surface area contributed by atoms with Crippen molar-refractivity contribution < 1.29 is 22.4 Å². The van der Waals surface area contributed by atoms with Crippen LogP contribution in [0.5, 0.6) is 0 Å². The van der Waals surface area contributed by atoms with Crippen LogP contribution in [0.2, 0.25) is 0 Å². The Labute approximate surface area is 96.4 Å². The lowest BCUT2D eigenvalue weighted by Crippen LogP contribution is -2.37. The number of carbonyl (C=O) groups excluding carboxylic acids is 1. The number of rotatable bonds is 4. The molecule has 1 aromatic carbocycles. The van der Waals surface area contributed by atoms with Crippen LogP contribution in [-0.4, -0.2) is 18.1 Å². The maximum Gasteiger partial charge on any atom is 0.364 e. The number of Topliss-reactive ketones (excluding diaryl/α,β-unsaturated/α-hetero) is 1. The fourth-order valence-electron chi connectivity index (χ4n) is 1.53. The number of alkyl halides is 4. The number of hydrogen-bond acceptors (Lipinski definition) is 1. The molecule has 0 aliphatic heterocycles. The second-order valence-corrected chi connectivity index (χ2v) is 3.89. The van der Waals surface area contributed by atoms with E-state index in [2.05, 4.69) is 0 Å². The molecule has 0 aliphatic carbocycles. The highest BCUT2D eigenvalue weighted by molar-refractivity contribution is 5.88. The zero-order valence-corrected chi connectivity index (χ0v) is 9.44. The summed E-state index contributed by atoms with van der Waals surface area (Å²) in [4.78, 5) is 11.2. The van der Waals surface area contributed by atoms with Crippen molar-refractivity contribution in [1.82, 2.24) is 0 Å². The van der Waals surface area contributed by atoms with E-state index in [1.165, 1.54) is 0 Å². The predicted octanol–water partition coefficient (Wildman–Crippen LogP) is 3.32. The smallest absolute Gasteiger partial charge is 0.292 e. The van der Waals surface area contributed by atoms with Gasteiger partial charge in [-0.3, -0.25) is 4.79 Å². The zero-order valence-electron chi connectivity index (χ0n) is 9.44. The summed E-state index contributed by atoms with van der Waals surface area (Å²) in [5.41, 5.74) is 1.67. The molecule has 0 unspecified atom stereocenters. The van der Waals surface area contributed by atoms with Crippen molar-refractivity contribution >= 4 is 5.78 Å². The standard InChI is InChI=1S/C12H12F4O/c1-7-4-3-5-8(2)9(7)6-10(17)12(15,16)11(13)14/h3-5,11H,6H2,1-2H3. The third-order valence-electron chi connectivity index (χ3n) is 2.63. The van der Waals surface area contributed by atoms with Gasteiger partial charge in [0.25, 0.3) is 0 Å². The molecule has 1 rings (SSSR count). The molecule has 0 atom stereocenters. The quantitative estimate of drug-likeness (QED) is 0.747. The minimum atomic E-state index is -4.57. The van der Waals surface area contributed by atoms with Crippen LogP contribution in [0.15, 0.2) is 18.2 Å². The second-order valence-electron chi connectivity index (χ2n) is 3.89. The average molecular weight is 248 g/mol. The van der Waals surface area contributed by atoms with E-state index in [-0.39, 0.29) is 0 Å². The van der Waals surface area contributed by atoms with E-state index < -0.39 is 24.6 Å². The van der Waals surface area contributed by atoms with E-state index in [9.17, 15) is 22.4 Å². The minimum Gasteiger partial charge on any atom is -0.292 e. The Bertz CT molecular complexity index is 406. The lowest BCUT2D eigenvalue weighted by Gasteiger charge is -2.15. The van der Waals surface area contributed by atoms with Gasteiger partial charge in [0.2, 0.25) is 5.78 Å². The van der Waals surface area contributed by atoms with Crippen LogP contribution in [0.3, 0.4) is 0 Å². The number of carbonyl (C=O) groups is 1. The first-order valence-electron chi connectivity index (χ1n) is 5.01. The summed E-state index contributed by atoms with van der Waals surface area (Å²) in [6, 6.07) is 5.01. The minimum absolute atomic E-state index is 0.387. The summed E-state index contributed by atoms with van der Waals surface area (Å²) in [5, 5.41) is 0. The van der Waals surface area contributed by atoms with Crippen molar-refractivity contribution in [2.75, 3.05) is 0 Å². The summed E-state index contributed by atoms with van der Waals surface area (Å²) < 4.78 is 49.6. The second kappa shape index (κ2) is 4.85. The first-order chi connectivity index (χ1) is 7.76. The van der Waals surface area contributed by atoms with Crippen LogP contribution in [0.4, 0.5) is 17.6 Å². The highest BCUT2D eigenvalue weighted by Crippen LogP contribution is 2.26. The number of aryl methyl sites for hydroxylation is 2. The fourth-order valence-corrected chi connectivity index (χ4v) is 1.53. The molecule has 0 heterocycles. The average Bonchev–Trinajstić information content (AvgIpc) is 2.23. The fraction of sp³-hybridized carbons (Fsp3) is 0.417. The molecule has 0 aromatic heterocycles. The van der Waals surface area contributed by atoms with E-state index >= 15 is 0 Å². The van der Waals surface area contributed by atoms with Crippen LogP contribution in [0.25, 0.3) is 0 Å². The van der Waals surface area contributed by atoms with Crippen molar-refractivity contribution in [2.45, 2.75) is 32.6 Å². The Morgan fingerprint density at radius 2 is 1.71 bits per heavy atom. The van der Waals surface area contributed by atoms with Crippen molar-refractivity contribution in [1.29, 1.82) is 0 Å². The normalized spacial score (nSPS) is 11.9. The first-order valence-corrected chi connectivity index (χ1v) is 5.01. The summed E-state index contributed by atoms with van der Waals surface area (Å²) in [5.74, 6) is -6.32. The summed E-state index contributed by atoms with van der Waals surface area (Å²) in [6.45, 7) is 3.30. The maximum absolute atomic E-state index is 12.8. The van der Waals surface area contributed by atoms with Gasteiger partial charge in [-0.15, -0.1) is 0 Å². The highest BCUT2D eigenvalue weighted by atomic mass is 19.3. The summed E-state index contributed by atoms with van der Waals surface area (Å²) in [7, 11) is 0. The number of ketones is 1. The van der Waals surface area contributed by atoms with Crippen molar-refractivity contribution in [3.8, 4) is 0 Å². The molecule has 0 radical (unpaired) electrons. The number of hydrogen-bond donors (Lipinski definition) is 0. The van der Waals surface area contributed by atoms with Crippen molar-refractivity contribution in [2.24, 2.45) is 0 Å². The van der Waals surface area contributed by atoms with Gasteiger partial charge in [-0.1, -0.05) is 18.2 Å². The summed E-state index contributed by atoms with van der Waals surface area (Å²) in [6.07, 6.45) is -4.63. The lowest BCUT2D eigenvalue weighted by molar-refractivity contribution is -0.166. The molecular formula is C12H12F4O. The molecule has 5 heteroatoms. The van der Waals surface area contributed by atoms with Gasteiger partial charge in [0.1, 0.15) is 0 Å². The van der Waals surface area contributed by atoms with E-state index in [1.807, 2.05) is 0 Å². The Morgan fingerprint density at radius 3 is 2.12 bits per heavy atom. The molecule has 0 amide bonds. The largest absolute Gasteiger partial charge is 0.364 e. The van der Waals surface area contributed by atoms with Gasteiger partial charge in [0.15, 0.2) is 0 Å². The summed E-state index contributed by atoms with van der Waals surface area (Å²) >= 11 is 0. The van der Waals surface area contributed by atoms with Gasteiger partial charge in [-0.05, 0) is 30.5 Å². The molecule has 94 valence electrons. The van der Waals surface area contributed by atoms with Crippen LogP contribution < -0.4 is 0 Å². The molecule has 1 nitrogen and oxygen atoms in total. The zero-order chi connectivity index (χ0) is 13.2. The van der Waals surface area contributed by atoms with E-state index in [4.69, 9.17) is 0 Å². The van der Waals surface area contributed by atoms with Gasteiger partial charge in [-0.25, -0.2) is 8.78 Å². The molecule has 0 fully saturated rings. The van der Waals surface area contributed by atoms with Crippen molar-refractivity contribution in [3.05, 3.63) is 34.9 Å². The van der Waals surface area contributed by atoms with Crippen LogP contribution in [0, 0.1) is 13.8 Å². The van der Waals surface area contributed by atoms with Crippen molar-refractivity contribution in [3.63, 3.8) is 0 Å². The molecule has 0 N–H and O–H groups in total. The van der Waals surface area contributed by atoms with Gasteiger partial charge < -0.3 is 0 Å². The first kappa shape index (κ1) is 13.7. The Balaban J connectivity index is 2.96. The Morgan fingerprint density at radius 1 is 1.24 bits per heavy atom. The topological polar surface area (TPSA) is 17.1 Å². The highest BCUT2D eigenvalue weighted by Gasteiger charge is 2.48. The van der Waals surface area contributed by atoms with Crippen LogP contribution >= 0.6 is 0 Å². The Kier molecular flexibility index (Phi) is 3.91. The molecule has 0 spiro atoms. The number of benzene rings is 1. The monoisotopic (exact) mass is 248 g/mol. The SMILES string of the molecule is Cc1cccc(C)c1CC(=O)C(F)(F)C(F)F. The molecular weight excluding hydrogens is 236 g/mol. The molecule has 1 aromatic rings. The van der Waals surface area contributed by atoms with Gasteiger partial charge in [0.05, 0.1) is 0 Å². The van der Waals surface area contributed by atoms with Gasteiger partial charge >= 0.3 is 12.3 Å². The molecule has 0 bridgehead atoms. The third kappa shape index (κ3) is 2.84. The number of halogens is 4. The van der Waals surface area contributed by atoms with E-state index in [0.717, 1.165) is 0 Å². The maximum atomic E-state index is 12.8. The molecule has 17 heavy (non-hydrogen) atoms. The van der Waals surface area contributed by atoms with E-state index in [1.54, 1.807) is 32.0 Å². The molecule has 0 aliphatic rings. The lowest BCUT2D eigenvalue weighted by atomic mass is 9.96. The third-order valence-corrected chi connectivity index (χ3v) is 2.63. The van der Waals surface area contributed by atoms with Gasteiger partial charge in [-0.2, -0.15) is 8.78 Å².